The Kier molecular flexibility index (Phi) is 5.08. The third-order valence-corrected chi connectivity index (χ3v) is 3.00. The number of likely N-dealkylation sites (tertiary alicyclic amines) is 1. The van der Waals surface area contributed by atoms with Crippen molar-refractivity contribution in [3.63, 3.8) is 0 Å². The van der Waals surface area contributed by atoms with Crippen molar-refractivity contribution in [1.29, 1.82) is 0 Å². The molecule has 1 aliphatic heterocycles. The van der Waals surface area contributed by atoms with Crippen LogP contribution in [0.4, 0.5) is 0 Å². The molecular formula is C10H16BrNO3. The van der Waals surface area contributed by atoms with E-state index in [1.165, 1.54) is 7.11 Å². The van der Waals surface area contributed by atoms with E-state index in [-0.39, 0.29) is 17.9 Å². The van der Waals surface area contributed by atoms with Crippen LogP contribution < -0.4 is 0 Å². The average Bonchev–Trinajstić information content (AvgIpc) is 2.28. The highest BCUT2D eigenvalue weighted by Crippen LogP contribution is 2.19. The highest BCUT2D eigenvalue weighted by Gasteiger charge is 2.32. The van der Waals surface area contributed by atoms with Crippen LogP contribution in [0.2, 0.25) is 0 Å². The predicted molar refractivity (Wildman–Crippen MR) is 59.8 cm³/mol. The molecule has 4 nitrogen and oxygen atoms in total. The van der Waals surface area contributed by atoms with E-state index < -0.39 is 0 Å². The summed E-state index contributed by atoms with van der Waals surface area (Å²) in [5.74, 6) is -0.264. The van der Waals surface area contributed by atoms with Crippen LogP contribution in [0.3, 0.4) is 0 Å². The third-order valence-electron chi connectivity index (χ3n) is 2.60. The number of hydrogen-bond acceptors (Lipinski definition) is 3. The van der Waals surface area contributed by atoms with E-state index >= 15 is 0 Å². The van der Waals surface area contributed by atoms with Crippen LogP contribution in [0.15, 0.2) is 0 Å². The van der Waals surface area contributed by atoms with E-state index in [0.29, 0.717) is 18.3 Å². The number of carbonyl (C=O) groups excluding carboxylic acids is 2. The number of carbonyl (C=O) groups is 2. The van der Waals surface area contributed by atoms with E-state index in [9.17, 15) is 9.59 Å². The Balaban J connectivity index is 2.65. The molecule has 0 aromatic heterocycles. The molecule has 0 aromatic rings. The minimum absolute atomic E-state index is 0.0296. The molecule has 1 aliphatic rings. The Labute approximate surface area is 98.1 Å². The van der Waals surface area contributed by atoms with Crippen molar-refractivity contribution >= 4 is 27.8 Å². The number of alkyl halides is 1. The lowest BCUT2D eigenvalue weighted by Gasteiger charge is -2.33. The van der Waals surface area contributed by atoms with Crippen molar-refractivity contribution < 1.29 is 14.3 Å². The standard InChI is InChI=1S/C10H16BrNO3/c1-15-10(14)8-4-2-3-7-12(8)9(13)5-6-11/h8H,2-7H2,1H3. The van der Waals surface area contributed by atoms with Crippen molar-refractivity contribution in [3.8, 4) is 0 Å². The largest absolute Gasteiger partial charge is 0.467 e. The molecule has 1 heterocycles. The zero-order chi connectivity index (χ0) is 11.3. The van der Waals surface area contributed by atoms with Crippen LogP contribution in [0, 0.1) is 0 Å². The summed E-state index contributed by atoms with van der Waals surface area (Å²) in [7, 11) is 1.37. The fourth-order valence-corrected chi connectivity index (χ4v) is 2.17. The van der Waals surface area contributed by atoms with Crippen LogP contribution in [0.5, 0.6) is 0 Å². The number of piperidine rings is 1. The molecule has 0 bridgehead atoms. The van der Waals surface area contributed by atoms with Crippen molar-refractivity contribution in [3.05, 3.63) is 0 Å². The van der Waals surface area contributed by atoms with Gasteiger partial charge in [-0.2, -0.15) is 0 Å². The van der Waals surface area contributed by atoms with Gasteiger partial charge in [-0.15, -0.1) is 0 Å². The van der Waals surface area contributed by atoms with E-state index in [2.05, 4.69) is 15.9 Å². The number of rotatable bonds is 3. The number of nitrogens with zero attached hydrogens (tertiary/aromatic N) is 1. The van der Waals surface area contributed by atoms with E-state index in [1.54, 1.807) is 4.90 Å². The Morgan fingerprint density at radius 3 is 2.80 bits per heavy atom. The molecule has 0 spiro atoms. The van der Waals surface area contributed by atoms with Crippen LogP contribution in [0.25, 0.3) is 0 Å². The van der Waals surface area contributed by atoms with Gasteiger partial charge in [0.05, 0.1) is 7.11 Å². The maximum Gasteiger partial charge on any atom is 0.328 e. The molecule has 86 valence electrons. The minimum Gasteiger partial charge on any atom is -0.467 e. The van der Waals surface area contributed by atoms with E-state index in [4.69, 9.17) is 4.74 Å². The van der Waals surface area contributed by atoms with Crippen molar-refractivity contribution in [1.82, 2.24) is 4.90 Å². The normalized spacial score (nSPS) is 21.2. The summed E-state index contributed by atoms with van der Waals surface area (Å²) in [6, 6.07) is -0.365. The summed E-state index contributed by atoms with van der Waals surface area (Å²) in [5, 5.41) is 0.635. The average molecular weight is 278 g/mol. The first-order valence-electron chi connectivity index (χ1n) is 5.14. The van der Waals surface area contributed by atoms with Crippen LogP contribution in [-0.2, 0) is 14.3 Å². The second-order valence-corrected chi connectivity index (χ2v) is 4.35. The fraction of sp³-hybridized carbons (Fsp3) is 0.800. The molecule has 0 saturated carbocycles. The molecule has 0 radical (unpaired) electrons. The molecule has 0 N–H and O–H groups in total. The number of methoxy groups -OCH3 is 1. The van der Waals surface area contributed by atoms with Gasteiger partial charge in [0.25, 0.3) is 0 Å². The molecule has 1 rings (SSSR count). The fourth-order valence-electron chi connectivity index (χ4n) is 1.84. The van der Waals surface area contributed by atoms with E-state index in [0.717, 1.165) is 19.3 Å². The van der Waals surface area contributed by atoms with Crippen LogP contribution in [-0.4, -0.2) is 41.8 Å². The topological polar surface area (TPSA) is 46.6 Å². The lowest BCUT2D eigenvalue weighted by atomic mass is 10.0. The zero-order valence-corrected chi connectivity index (χ0v) is 10.5. The van der Waals surface area contributed by atoms with E-state index in [1.807, 2.05) is 0 Å². The summed E-state index contributed by atoms with van der Waals surface area (Å²) in [6.07, 6.45) is 3.12. The molecule has 15 heavy (non-hydrogen) atoms. The zero-order valence-electron chi connectivity index (χ0n) is 8.87. The van der Waals surface area contributed by atoms with Gasteiger partial charge in [0.2, 0.25) is 5.91 Å². The molecule has 1 unspecified atom stereocenters. The number of ether oxygens (including phenoxy) is 1. The second kappa shape index (κ2) is 6.10. The van der Waals surface area contributed by atoms with Gasteiger partial charge in [-0.25, -0.2) is 4.79 Å². The second-order valence-electron chi connectivity index (χ2n) is 3.56. The molecule has 1 saturated heterocycles. The highest BCUT2D eigenvalue weighted by atomic mass is 79.9. The van der Waals surface area contributed by atoms with Gasteiger partial charge in [-0.3, -0.25) is 4.79 Å². The monoisotopic (exact) mass is 277 g/mol. The third kappa shape index (κ3) is 3.19. The predicted octanol–water partition coefficient (Wildman–Crippen LogP) is 1.33. The number of hydrogen-bond donors (Lipinski definition) is 0. The van der Waals surface area contributed by atoms with Gasteiger partial charge >= 0.3 is 5.97 Å². The highest BCUT2D eigenvalue weighted by molar-refractivity contribution is 9.09. The Morgan fingerprint density at radius 1 is 1.47 bits per heavy atom. The lowest BCUT2D eigenvalue weighted by Crippen LogP contribution is -2.48. The van der Waals surface area contributed by atoms with Crippen LogP contribution in [0.1, 0.15) is 25.7 Å². The van der Waals surface area contributed by atoms with Gasteiger partial charge in [-0.1, -0.05) is 15.9 Å². The lowest BCUT2D eigenvalue weighted by molar-refractivity contribution is -0.154. The number of amides is 1. The van der Waals surface area contributed by atoms with Crippen molar-refractivity contribution in [2.75, 3.05) is 19.0 Å². The van der Waals surface area contributed by atoms with Gasteiger partial charge < -0.3 is 9.64 Å². The van der Waals surface area contributed by atoms with Gasteiger partial charge in [-0.05, 0) is 19.3 Å². The maximum atomic E-state index is 11.7. The van der Waals surface area contributed by atoms with Crippen LogP contribution >= 0.6 is 15.9 Å². The first kappa shape index (κ1) is 12.5. The molecule has 0 aromatic carbocycles. The van der Waals surface area contributed by atoms with Crippen molar-refractivity contribution in [2.45, 2.75) is 31.7 Å². The molecule has 1 amide bonds. The first-order valence-corrected chi connectivity index (χ1v) is 6.26. The molecular weight excluding hydrogens is 262 g/mol. The molecule has 1 atom stereocenters. The number of halogens is 1. The summed E-state index contributed by atoms with van der Waals surface area (Å²) in [6.45, 7) is 0.672. The Hall–Kier alpha value is -0.580. The number of esters is 1. The smallest absolute Gasteiger partial charge is 0.328 e. The van der Waals surface area contributed by atoms with Gasteiger partial charge in [0.15, 0.2) is 0 Å². The molecule has 1 fully saturated rings. The first-order chi connectivity index (χ1) is 7.20. The quantitative estimate of drug-likeness (QED) is 0.578. The minimum atomic E-state index is -0.365. The Bertz CT molecular complexity index is 245. The summed E-state index contributed by atoms with van der Waals surface area (Å²) < 4.78 is 4.70. The summed E-state index contributed by atoms with van der Waals surface area (Å²) in [5.41, 5.74) is 0. The van der Waals surface area contributed by atoms with Gasteiger partial charge in [0, 0.05) is 18.3 Å². The summed E-state index contributed by atoms with van der Waals surface area (Å²) in [4.78, 5) is 24.8. The van der Waals surface area contributed by atoms with Gasteiger partial charge in [0.1, 0.15) is 6.04 Å². The molecule has 5 heteroatoms. The SMILES string of the molecule is COC(=O)C1CCCCN1C(=O)CCBr. The Morgan fingerprint density at radius 2 is 2.20 bits per heavy atom. The van der Waals surface area contributed by atoms with Crippen molar-refractivity contribution in [2.24, 2.45) is 0 Å². The molecule has 0 aliphatic carbocycles. The maximum absolute atomic E-state index is 11.7. The summed E-state index contributed by atoms with van der Waals surface area (Å²) >= 11 is 3.23.